The van der Waals surface area contributed by atoms with Gasteiger partial charge in [0.05, 0.1) is 5.69 Å². The predicted octanol–water partition coefficient (Wildman–Crippen LogP) is 1.01. The van der Waals surface area contributed by atoms with Crippen molar-refractivity contribution in [1.82, 2.24) is 20.3 Å². The first-order valence-corrected chi connectivity index (χ1v) is 5.08. The lowest BCUT2D eigenvalue weighted by atomic mass is 10.0. The van der Waals surface area contributed by atoms with E-state index in [1.165, 1.54) is 12.8 Å². The molecule has 14 heavy (non-hydrogen) atoms. The average molecular weight is 192 g/mol. The monoisotopic (exact) mass is 192 g/mol. The van der Waals surface area contributed by atoms with Crippen LogP contribution in [-0.2, 0) is 13.6 Å². The van der Waals surface area contributed by atoms with Gasteiger partial charge in [-0.25, -0.2) is 0 Å². The molecule has 0 bridgehead atoms. The summed E-state index contributed by atoms with van der Waals surface area (Å²) in [6, 6.07) is 0.613. The van der Waals surface area contributed by atoms with E-state index in [9.17, 15) is 0 Å². The Balaban J connectivity index is 1.79. The Kier molecular flexibility index (Phi) is 2.93. The molecule has 4 heteroatoms. The second kappa shape index (κ2) is 4.37. The van der Waals surface area contributed by atoms with Crippen LogP contribution in [0.15, 0.2) is 18.3 Å². The molecule has 0 saturated heterocycles. The van der Waals surface area contributed by atoms with Gasteiger partial charge in [0.2, 0.25) is 0 Å². The minimum absolute atomic E-state index is 0.613. The highest BCUT2D eigenvalue weighted by Crippen LogP contribution is 2.10. The van der Waals surface area contributed by atoms with Crippen molar-refractivity contribution >= 4 is 0 Å². The van der Waals surface area contributed by atoms with Crippen LogP contribution in [0, 0.1) is 0 Å². The highest BCUT2D eigenvalue weighted by molar-refractivity contribution is 4.96. The van der Waals surface area contributed by atoms with Crippen LogP contribution in [0.1, 0.15) is 25.0 Å². The fraction of sp³-hybridized carbons (Fsp3) is 0.600. The van der Waals surface area contributed by atoms with Gasteiger partial charge < -0.3 is 5.32 Å². The Labute approximate surface area is 84.0 Å². The molecule has 0 fully saturated rings. The van der Waals surface area contributed by atoms with E-state index in [-0.39, 0.29) is 0 Å². The van der Waals surface area contributed by atoms with Crippen LogP contribution < -0.4 is 5.32 Å². The van der Waals surface area contributed by atoms with Crippen molar-refractivity contribution in [2.24, 2.45) is 7.05 Å². The van der Waals surface area contributed by atoms with Gasteiger partial charge in [0, 0.05) is 25.8 Å². The van der Waals surface area contributed by atoms with Crippen LogP contribution in [0.4, 0.5) is 0 Å². The van der Waals surface area contributed by atoms with Gasteiger partial charge >= 0.3 is 0 Å². The number of aromatic nitrogens is 3. The van der Waals surface area contributed by atoms with Crippen LogP contribution in [0.5, 0.6) is 0 Å². The van der Waals surface area contributed by atoms with E-state index < -0.39 is 0 Å². The molecule has 0 radical (unpaired) electrons. The molecular weight excluding hydrogens is 176 g/mol. The molecule has 1 unspecified atom stereocenters. The number of hydrogen-bond acceptors (Lipinski definition) is 3. The zero-order chi connectivity index (χ0) is 9.80. The first-order chi connectivity index (χ1) is 6.84. The van der Waals surface area contributed by atoms with Gasteiger partial charge in [0.15, 0.2) is 0 Å². The second-order valence-electron chi connectivity index (χ2n) is 3.75. The summed E-state index contributed by atoms with van der Waals surface area (Å²) in [7, 11) is 1.89. The summed E-state index contributed by atoms with van der Waals surface area (Å²) in [6.45, 7) is 0.826. The Bertz CT molecular complexity index is 316. The largest absolute Gasteiger partial charge is 0.308 e. The van der Waals surface area contributed by atoms with E-state index in [0.29, 0.717) is 6.04 Å². The maximum Gasteiger partial charge on any atom is 0.0964 e. The van der Waals surface area contributed by atoms with E-state index in [4.69, 9.17) is 0 Å². The molecule has 1 aromatic heterocycles. The molecule has 0 saturated carbocycles. The minimum Gasteiger partial charge on any atom is -0.308 e. The van der Waals surface area contributed by atoms with Gasteiger partial charge in [-0.1, -0.05) is 17.4 Å². The Morgan fingerprint density at radius 3 is 3.14 bits per heavy atom. The van der Waals surface area contributed by atoms with Crippen LogP contribution in [0.2, 0.25) is 0 Å². The fourth-order valence-electron chi connectivity index (χ4n) is 1.70. The highest BCUT2D eigenvalue weighted by atomic mass is 15.4. The van der Waals surface area contributed by atoms with E-state index >= 15 is 0 Å². The maximum atomic E-state index is 4.03. The third kappa shape index (κ3) is 2.42. The van der Waals surface area contributed by atoms with Gasteiger partial charge in [-0.15, -0.1) is 5.10 Å². The third-order valence-electron chi connectivity index (χ3n) is 2.49. The van der Waals surface area contributed by atoms with Gasteiger partial charge in [-0.3, -0.25) is 4.68 Å². The lowest BCUT2D eigenvalue weighted by Gasteiger charge is -2.18. The first kappa shape index (κ1) is 9.40. The number of nitrogens with zero attached hydrogens (tertiary/aromatic N) is 3. The van der Waals surface area contributed by atoms with Crippen molar-refractivity contribution in [2.75, 3.05) is 0 Å². The molecule has 1 aromatic rings. The smallest absolute Gasteiger partial charge is 0.0964 e. The number of rotatable bonds is 3. The van der Waals surface area contributed by atoms with Crippen molar-refractivity contribution in [3.63, 3.8) is 0 Å². The van der Waals surface area contributed by atoms with Gasteiger partial charge in [-0.2, -0.15) is 0 Å². The summed E-state index contributed by atoms with van der Waals surface area (Å²) >= 11 is 0. The molecule has 1 aliphatic rings. The second-order valence-corrected chi connectivity index (χ2v) is 3.75. The lowest BCUT2D eigenvalue weighted by Crippen LogP contribution is -2.29. The van der Waals surface area contributed by atoms with Crippen LogP contribution in [-0.4, -0.2) is 21.0 Å². The molecule has 1 aliphatic carbocycles. The summed E-state index contributed by atoms with van der Waals surface area (Å²) in [5.41, 5.74) is 1.02. The van der Waals surface area contributed by atoms with Gasteiger partial charge in [0.25, 0.3) is 0 Å². The molecule has 1 N–H and O–H groups in total. The number of nitrogens with one attached hydrogen (secondary N) is 1. The third-order valence-corrected chi connectivity index (χ3v) is 2.49. The van der Waals surface area contributed by atoms with Crippen molar-refractivity contribution < 1.29 is 0 Å². The lowest BCUT2D eigenvalue weighted by molar-refractivity contribution is 0.471. The standard InChI is InChI=1S/C10H16N4/c1-14-8-10(12-13-14)7-11-9-5-3-2-4-6-9/h2-3,8-9,11H,4-7H2,1H3. The summed E-state index contributed by atoms with van der Waals surface area (Å²) in [6.07, 6.45) is 10.0. The first-order valence-electron chi connectivity index (χ1n) is 5.08. The maximum absolute atomic E-state index is 4.03. The van der Waals surface area contributed by atoms with E-state index in [1.807, 2.05) is 13.2 Å². The van der Waals surface area contributed by atoms with Crippen LogP contribution in [0.25, 0.3) is 0 Å². The number of hydrogen-bond donors (Lipinski definition) is 1. The highest BCUT2D eigenvalue weighted by Gasteiger charge is 2.09. The normalized spacial score (nSPS) is 21.4. The average Bonchev–Trinajstić information content (AvgIpc) is 2.63. The number of allylic oxidation sites excluding steroid dienone is 1. The van der Waals surface area contributed by atoms with Crippen LogP contribution in [0.3, 0.4) is 0 Å². The number of aryl methyl sites for hydroxylation is 1. The topological polar surface area (TPSA) is 42.7 Å². The van der Waals surface area contributed by atoms with Crippen molar-refractivity contribution in [1.29, 1.82) is 0 Å². The Hall–Kier alpha value is -1.16. The molecule has 1 atom stereocenters. The van der Waals surface area contributed by atoms with Crippen molar-refractivity contribution in [2.45, 2.75) is 31.8 Å². The van der Waals surface area contributed by atoms with Crippen molar-refractivity contribution in [3.05, 3.63) is 24.0 Å². The quantitative estimate of drug-likeness (QED) is 0.727. The SMILES string of the molecule is Cn1cc(CNC2CC=CCC2)nn1. The Morgan fingerprint density at radius 2 is 2.50 bits per heavy atom. The minimum atomic E-state index is 0.613. The summed E-state index contributed by atoms with van der Waals surface area (Å²) in [5, 5.41) is 11.4. The van der Waals surface area contributed by atoms with E-state index in [0.717, 1.165) is 18.7 Å². The molecular formula is C10H16N4. The summed E-state index contributed by atoms with van der Waals surface area (Å²) in [4.78, 5) is 0. The zero-order valence-corrected chi connectivity index (χ0v) is 8.48. The molecule has 4 nitrogen and oxygen atoms in total. The summed E-state index contributed by atoms with van der Waals surface area (Å²) < 4.78 is 1.73. The fourth-order valence-corrected chi connectivity index (χ4v) is 1.70. The van der Waals surface area contributed by atoms with Gasteiger partial charge in [0.1, 0.15) is 0 Å². The zero-order valence-electron chi connectivity index (χ0n) is 8.48. The molecule has 76 valence electrons. The summed E-state index contributed by atoms with van der Waals surface area (Å²) in [5.74, 6) is 0. The molecule has 0 aromatic carbocycles. The molecule has 0 spiro atoms. The molecule has 0 amide bonds. The van der Waals surface area contributed by atoms with Gasteiger partial charge in [-0.05, 0) is 19.3 Å². The predicted molar refractivity (Wildman–Crippen MR) is 54.6 cm³/mol. The van der Waals surface area contributed by atoms with Crippen molar-refractivity contribution in [3.8, 4) is 0 Å². The molecule has 1 heterocycles. The van der Waals surface area contributed by atoms with Crippen LogP contribution >= 0.6 is 0 Å². The van der Waals surface area contributed by atoms with E-state index in [1.54, 1.807) is 4.68 Å². The molecule has 0 aliphatic heterocycles. The Morgan fingerprint density at radius 1 is 1.57 bits per heavy atom. The van der Waals surface area contributed by atoms with E-state index in [2.05, 4.69) is 27.8 Å². The molecule has 2 rings (SSSR count).